The van der Waals surface area contributed by atoms with Crippen LogP contribution in [0.15, 0.2) is 18.3 Å². The Kier molecular flexibility index (Phi) is 4.56. The molecule has 6 nitrogen and oxygen atoms in total. The molecule has 0 saturated heterocycles. The number of hydrogen-bond donors (Lipinski definition) is 0. The van der Waals surface area contributed by atoms with Crippen LogP contribution in [-0.4, -0.2) is 39.2 Å². The molecule has 2 atom stereocenters. The van der Waals surface area contributed by atoms with Gasteiger partial charge in [0.2, 0.25) is 0 Å². The molecule has 1 aromatic rings. The van der Waals surface area contributed by atoms with Gasteiger partial charge >= 0.3 is 0 Å². The Hall–Kier alpha value is -1.50. The molecule has 0 aliphatic rings. The lowest BCUT2D eigenvalue weighted by molar-refractivity contribution is -0.385. The fourth-order valence-electron chi connectivity index (χ4n) is 1.37. The Morgan fingerprint density at radius 3 is 2.65 bits per heavy atom. The number of nitro groups is 1. The fraction of sp³-hybridized carbons (Fsp3) is 0.500. The Morgan fingerprint density at radius 1 is 1.59 bits per heavy atom. The fourth-order valence-corrected chi connectivity index (χ4v) is 2.28. The molecule has 7 heteroatoms. The minimum Gasteiger partial charge on any atom is -0.356 e. The summed E-state index contributed by atoms with van der Waals surface area (Å²) in [5, 5.41) is 10.5. The van der Waals surface area contributed by atoms with Crippen molar-refractivity contribution in [2.75, 3.05) is 24.0 Å². The van der Waals surface area contributed by atoms with Crippen molar-refractivity contribution in [3.05, 3.63) is 28.4 Å². The number of anilines is 1. The molecular weight excluding hydrogens is 242 g/mol. The van der Waals surface area contributed by atoms with Gasteiger partial charge in [-0.1, -0.05) is 0 Å². The van der Waals surface area contributed by atoms with E-state index in [4.69, 9.17) is 0 Å². The minimum atomic E-state index is -0.879. The van der Waals surface area contributed by atoms with Crippen molar-refractivity contribution in [1.82, 2.24) is 4.98 Å². The zero-order chi connectivity index (χ0) is 13.0. The molecule has 0 fully saturated rings. The Balaban J connectivity index is 2.78. The van der Waals surface area contributed by atoms with E-state index in [0.29, 0.717) is 11.6 Å². The third-order valence-corrected chi connectivity index (χ3v) is 3.39. The summed E-state index contributed by atoms with van der Waals surface area (Å²) >= 11 is 0. The van der Waals surface area contributed by atoms with Crippen LogP contribution < -0.4 is 4.90 Å². The van der Waals surface area contributed by atoms with Gasteiger partial charge in [-0.3, -0.25) is 14.3 Å². The van der Waals surface area contributed by atoms with E-state index >= 15 is 0 Å². The summed E-state index contributed by atoms with van der Waals surface area (Å²) in [6.07, 6.45) is 2.87. The predicted molar refractivity (Wildman–Crippen MR) is 67.7 cm³/mol. The van der Waals surface area contributed by atoms with Gasteiger partial charge in [0.05, 0.1) is 4.92 Å². The van der Waals surface area contributed by atoms with Crippen LogP contribution in [-0.2, 0) is 10.8 Å². The van der Waals surface area contributed by atoms with Crippen LogP contribution in [0.2, 0.25) is 0 Å². The highest BCUT2D eigenvalue weighted by molar-refractivity contribution is 7.84. The molecule has 0 unspecified atom stereocenters. The molecule has 0 amide bonds. The number of pyridine rings is 1. The van der Waals surface area contributed by atoms with Gasteiger partial charge in [-0.05, 0) is 13.0 Å². The second-order valence-corrected chi connectivity index (χ2v) is 5.31. The maximum Gasteiger partial charge on any atom is 0.287 e. The van der Waals surface area contributed by atoms with Crippen LogP contribution in [0.25, 0.3) is 0 Å². The van der Waals surface area contributed by atoms with E-state index in [1.807, 2.05) is 18.9 Å². The highest BCUT2D eigenvalue weighted by atomic mass is 32.2. The predicted octanol–water partition coefficient (Wildman–Crippen LogP) is 1.19. The van der Waals surface area contributed by atoms with E-state index in [1.165, 1.54) is 12.3 Å². The van der Waals surface area contributed by atoms with Crippen molar-refractivity contribution in [2.24, 2.45) is 0 Å². The number of hydrogen-bond acceptors (Lipinski definition) is 5. The van der Waals surface area contributed by atoms with Crippen molar-refractivity contribution in [1.29, 1.82) is 0 Å². The van der Waals surface area contributed by atoms with Crippen molar-refractivity contribution >= 4 is 22.3 Å². The normalized spacial score (nSPS) is 14.1. The second kappa shape index (κ2) is 5.72. The molecule has 0 saturated carbocycles. The van der Waals surface area contributed by atoms with Gasteiger partial charge in [-0.2, -0.15) is 0 Å². The second-order valence-electron chi connectivity index (χ2n) is 3.83. The van der Waals surface area contributed by atoms with Crippen molar-refractivity contribution in [2.45, 2.75) is 13.0 Å². The van der Waals surface area contributed by atoms with Crippen molar-refractivity contribution in [3.63, 3.8) is 0 Å². The van der Waals surface area contributed by atoms with Crippen LogP contribution in [0, 0.1) is 10.1 Å². The zero-order valence-corrected chi connectivity index (χ0v) is 10.8. The van der Waals surface area contributed by atoms with Gasteiger partial charge in [-0.25, -0.2) is 4.98 Å². The molecular formula is C10H15N3O3S. The molecule has 1 aromatic heterocycles. The number of rotatable bonds is 5. The molecule has 0 spiro atoms. The zero-order valence-electron chi connectivity index (χ0n) is 9.99. The Bertz CT molecular complexity index is 421. The molecule has 1 rings (SSSR count). The van der Waals surface area contributed by atoms with Gasteiger partial charge < -0.3 is 4.90 Å². The van der Waals surface area contributed by atoms with Crippen molar-refractivity contribution in [3.8, 4) is 0 Å². The molecule has 0 bridgehead atoms. The molecule has 94 valence electrons. The standard InChI is InChI=1S/C10H15N3O3S/c1-8(7-17(3)16)12(2)10-5-4-9(6-11-10)13(14)15/h4-6,8H,7H2,1-3H3/t8-,17+/m0/s1. The third kappa shape index (κ3) is 3.77. The van der Waals surface area contributed by atoms with Gasteiger partial charge in [0.1, 0.15) is 12.0 Å². The summed E-state index contributed by atoms with van der Waals surface area (Å²) in [6.45, 7) is 1.94. The first-order valence-electron chi connectivity index (χ1n) is 5.05. The molecule has 1 heterocycles. The highest BCUT2D eigenvalue weighted by Crippen LogP contribution is 2.16. The average molecular weight is 257 g/mol. The minimum absolute atomic E-state index is 0.0335. The molecule has 0 radical (unpaired) electrons. The lowest BCUT2D eigenvalue weighted by atomic mass is 10.3. The van der Waals surface area contributed by atoms with E-state index in [9.17, 15) is 14.3 Å². The lowest BCUT2D eigenvalue weighted by Crippen LogP contribution is -2.33. The van der Waals surface area contributed by atoms with Crippen molar-refractivity contribution < 1.29 is 9.13 Å². The van der Waals surface area contributed by atoms with Gasteiger partial charge in [0.15, 0.2) is 0 Å². The van der Waals surface area contributed by atoms with E-state index in [1.54, 1.807) is 12.3 Å². The molecule has 0 N–H and O–H groups in total. The largest absolute Gasteiger partial charge is 0.356 e. The first kappa shape index (κ1) is 13.6. The average Bonchev–Trinajstić information content (AvgIpc) is 2.27. The van der Waals surface area contributed by atoms with Crippen LogP contribution >= 0.6 is 0 Å². The quantitative estimate of drug-likeness (QED) is 0.585. The first-order chi connectivity index (χ1) is 7.91. The van der Waals surface area contributed by atoms with Crippen LogP contribution in [0.1, 0.15) is 6.92 Å². The summed E-state index contributed by atoms with van der Waals surface area (Å²) in [5.41, 5.74) is -0.0335. The lowest BCUT2D eigenvalue weighted by Gasteiger charge is -2.24. The third-order valence-electron chi connectivity index (χ3n) is 2.44. The van der Waals surface area contributed by atoms with Crippen LogP contribution in [0.4, 0.5) is 11.5 Å². The maximum atomic E-state index is 11.1. The Morgan fingerprint density at radius 2 is 2.24 bits per heavy atom. The summed E-state index contributed by atoms with van der Waals surface area (Å²) in [7, 11) is 0.946. The number of nitrogens with zero attached hydrogens (tertiary/aromatic N) is 3. The molecule has 0 aliphatic heterocycles. The van der Waals surface area contributed by atoms with E-state index in [-0.39, 0.29) is 11.7 Å². The van der Waals surface area contributed by atoms with Gasteiger partial charge in [0.25, 0.3) is 5.69 Å². The summed E-state index contributed by atoms with van der Waals surface area (Å²) in [4.78, 5) is 15.9. The summed E-state index contributed by atoms with van der Waals surface area (Å²) < 4.78 is 11.1. The highest BCUT2D eigenvalue weighted by Gasteiger charge is 2.14. The first-order valence-corrected chi connectivity index (χ1v) is 6.78. The summed E-state index contributed by atoms with van der Waals surface area (Å²) in [5.74, 6) is 1.17. The van der Waals surface area contributed by atoms with E-state index in [2.05, 4.69) is 4.98 Å². The topological polar surface area (TPSA) is 76.3 Å². The van der Waals surface area contributed by atoms with Crippen LogP contribution in [0.5, 0.6) is 0 Å². The van der Waals surface area contributed by atoms with E-state index < -0.39 is 15.7 Å². The monoisotopic (exact) mass is 257 g/mol. The Labute approximate surface area is 102 Å². The number of aromatic nitrogens is 1. The SMILES string of the molecule is C[C@@H](C[S@@](C)=O)N(C)c1ccc([N+](=O)[O-])cn1. The van der Waals surface area contributed by atoms with Gasteiger partial charge in [0, 0.05) is 42.0 Å². The molecule has 17 heavy (non-hydrogen) atoms. The van der Waals surface area contributed by atoms with Gasteiger partial charge in [-0.15, -0.1) is 0 Å². The molecule has 0 aromatic carbocycles. The summed E-state index contributed by atoms with van der Waals surface area (Å²) in [6, 6.07) is 3.07. The molecule has 0 aliphatic carbocycles. The van der Waals surface area contributed by atoms with Crippen LogP contribution in [0.3, 0.4) is 0 Å². The smallest absolute Gasteiger partial charge is 0.287 e. The van der Waals surface area contributed by atoms with E-state index in [0.717, 1.165) is 0 Å². The maximum absolute atomic E-state index is 11.1.